The van der Waals surface area contributed by atoms with E-state index in [1.54, 1.807) is 7.11 Å². The first-order valence-electron chi connectivity index (χ1n) is 8.27. The van der Waals surface area contributed by atoms with Gasteiger partial charge in [0.1, 0.15) is 0 Å². The molecule has 114 valence electrons. The highest BCUT2D eigenvalue weighted by Crippen LogP contribution is 2.58. The Hall–Kier alpha value is -1.22. The monoisotopic (exact) mass is 287 g/mol. The Morgan fingerprint density at radius 3 is 2.95 bits per heavy atom. The summed E-state index contributed by atoms with van der Waals surface area (Å²) < 4.78 is 5.39. The number of rotatable bonds is 1. The summed E-state index contributed by atoms with van der Waals surface area (Å²) in [4.78, 5) is 2.55. The molecule has 1 aliphatic heterocycles. The van der Waals surface area contributed by atoms with Crippen LogP contribution in [0.5, 0.6) is 11.5 Å². The topological polar surface area (TPSA) is 32.7 Å². The molecule has 1 aromatic carbocycles. The van der Waals surface area contributed by atoms with Gasteiger partial charge in [-0.1, -0.05) is 18.9 Å². The number of aromatic hydroxyl groups is 1. The molecule has 1 saturated carbocycles. The van der Waals surface area contributed by atoms with Gasteiger partial charge in [-0.2, -0.15) is 0 Å². The van der Waals surface area contributed by atoms with Crippen LogP contribution in [0.1, 0.15) is 43.2 Å². The molecular formula is C18H25NO2. The summed E-state index contributed by atoms with van der Waals surface area (Å²) in [6, 6.07) is 4.77. The summed E-state index contributed by atoms with van der Waals surface area (Å²) >= 11 is 0. The second kappa shape index (κ2) is 4.64. The third-order valence-corrected chi connectivity index (χ3v) is 6.41. The molecule has 3 atom stereocenters. The lowest BCUT2D eigenvalue weighted by atomic mass is 9.52. The van der Waals surface area contributed by atoms with Gasteiger partial charge in [-0.3, -0.25) is 0 Å². The maximum absolute atomic E-state index is 10.8. The lowest BCUT2D eigenvalue weighted by Crippen LogP contribution is -2.59. The Labute approximate surface area is 126 Å². The number of likely N-dealkylation sites (tertiary alicyclic amines) is 1. The number of benzene rings is 1. The van der Waals surface area contributed by atoms with Crippen LogP contribution in [0.15, 0.2) is 12.1 Å². The van der Waals surface area contributed by atoms with Crippen molar-refractivity contribution >= 4 is 0 Å². The van der Waals surface area contributed by atoms with Gasteiger partial charge in [0.15, 0.2) is 11.5 Å². The predicted octanol–water partition coefficient (Wildman–Crippen LogP) is 3.09. The maximum Gasteiger partial charge on any atom is 0.161 e. The standard InChI is InChI=1S/C18H25NO2/c1-19-10-9-18-8-4-3-5-13(18)14(19)11-12-6-7-15(21-2)17(20)16(12)18/h6-7,13-14,20H,3-5,8-11H2,1-2H3/t13-,14+,18+/m0/s1. The fourth-order valence-electron chi connectivity index (χ4n) is 5.45. The molecule has 2 aliphatic carbocycles. The van der Waals surface area contributed by atoms with Gasteiger partial charge in [0.05, 0.1) is 7.11 Å². The van der Waals surface area contributed by atoms with Crippen molar-refractivity contribution < 1.29 is 9.84 Å². The van der Waals surface area contributed by atoms with Crippen LogP contribution in [0.25, 0.3) is 0 Å². The van der Waals surface area contributed by atoms with Crippen LogP contribution in [-0.2, 0) is 11.8 Å². The molecule has 1 aromatic rings. The van der Waals surface area contributed by atoms with Gasteiger partial charge >= 0.3 is 0 Å². The number of ether oxygens (including phenoxy) is 1. The van der Waals surface area contributed by atoms with Crippen LogP contribution in [-0.4, -0.2) is 36.8 Å². The van der Waals surface area contributed by atoms with E-state index >= 15 is 0 Å². The SMILES string of the molecule is COc1ccc2c(c1O)[C@@]13CCCC[C@H]1[C@@H](C2)N(C)CC3. The second-order valence-electron chi connectivity index (χ2n) is 7.16. The van der Waals surface area contributed by atoms with Crippen LogP contribution in [0.3, 0.4) is 0 Å². The highest BCUT2D eigenvalue weighted by atomic mass is 16.5. The smallest absolute Gasteiger partial charge is 0.161 e. The molecule has 3 heteroatoms. The fourth-order valence-corrected chi connectivity index (χ4v) is 5.45. The van der Waals surface area contributed by atoms with E-state index in [9.17, 15) is 5.11 Å². The van der Waals surface area contributed by atoms with Gasteiger partial charge < -0.3 is 14.7 Å². The van der Waals surface area contributed by atoms with Gasteiger partial charge in [0.25, 0.3) is 0 Å². The molecule has 21 heavy (non-hydrogen) atoms. The second-order valence-corrected chi connectivity index (χ2v) is 7.16. The fraction of sp³-hybridized carbons (Fsp3) is 0.667. The normalized spacial score (nSPS) is 35.0. The van der Waals surface area contributed by atoms with Crippen molar-refractivity contribution in [3.63, 3.8) is 0 Å². The van der Waals surface area contributed by atoms with E-state index in [4.69, 9.17) is 4.74 Å². The van der Waals surface area contributed by atoms with E-state index in [0.717, 1.165) is 13.0 Å². The lowest BCUT2D eigenvalue weighted by Gasteiger charge is -2.58. The van der Waals surface area contributed by atoms with Gasteiger partial charge in [-0.25, -0.2) is 0 Å². The van der Waals surface area contributed by atoms with E-state index in [0.29, 0.717) is 23.5 Å². The van der Waals surface area contributed by atoms with Crippen LogP contribution in [0.2, 0.25) is 0 Å². The van der Waals surface area contributed by atoms with E-state index < -0.39 is 0 Å². The number of fused-ring (bicyclic) bond motifs is 1. The number of likely N-dealkylation sites (N-methyl/N-ethyl adjacent to an activating group) is 1. The molecule has 1 saturated heterocycles. The Kier molecular flexibility index (Phi) is 2.97. The molecule has 1 N–H and O–H groups in total. The number of phenolic OH excluding ortho intramolecular Hbond substituents is 1. The molecular weight excluding hydrogens is 262 g/mol. The summed E-state index contributed by atoms with van der Waals surface area (Å²) in [6.45, 7) is 1.15. The molecule has 3 aliphatic rings. The molecule has 0 radical (unpaired) electrons. The van der Waals surface area contributed by atoms with Crippen molar-refractivity contribution in [1.82, 2.24) is 4.90 Å². The number of hydrogen-bond acceptors (Lipinski definition) is 3. The van der Waals surface area contributed by atoms with E-state index in [1.165, 1.54) is 43.2 Å². The minimum atomic E-state index is 0.196. The van der Waals surface area contributed by atoms with Gasteiger partial charge in [-0.15, -0.1) is 0 Å². The number of phenols is 1. The predicted molar refractivity (Wildman–Crippen MR) is 83.0 cm³/mol. The zero-order chi connectivity index (χ0) is 14.6. The average Bonchev–Trinajstić information content (AvgIpc) is 2.51. The zero-order valence-electron chi connectivity index (χ0n) is 13.1. The van der Waals surface area contributed by atoms with Crippen molar-refractivity contribution in [3.05, 3.63) is 23.3 Å². The summed E-state index contributed by atoms with van der Waals surface area (Å²) in [7, 11) is 3.93. The first kappa shape index (κ1) is 13.4. The maximum atomic E-state index is 10.8. The Morgan fingerprint density at radius 1 is 1.29 bits per heavy atom. The van der Waals surface area contributed by atoms with E-state index in [2.05, 4.69) is 18.0 Å². The summed E-state index contributed by atoms with van der Waals surface area (Å²) in [5, 5.41) is 10.8. The molecule has 0 spiro atoms. The molecule has 2 fully saturated rings. The van der Waals surface area contributed by atoms with Crippen molar-refractivity contribution in [2.24, 2.45) is 5.92 Å². The van der Waals surface area contributed by atoms with Crippen LogP contribution < -0.4 is 4.74 Å². The quantitative estimate of drug-likeness (QED) is 0.861. The first-order valence-corrected chi connectivity index (χ1v) is 8.27. The van der Waals surface area contributed by atoms with Crippen molar-refractivity contribution in [3.8, 4) is 11.5 Å². The zero-order valence-corrected chi connectivity index (χ0v) is 13.1. The van der Waals surface area contributed by atoms with Crippen molar-refractivity contribution in [2.75, 3.05) is 20.7 Å². The van der Waals surface area contributed by atoms with Crippen molar-refractivity contribution in [1.29, 1.82) is 0 Å². The third kappa shape index (κ3) is 1.70. The van der Waals surface area contributed by atoms with Gasteiger partial charge in [0.2, 0.25) is 0 Å². The Morgan fingerprint density at radius 2 is 2.14 bits per heavy atom. The molecule has 0 aromatic heterocycles. The largest absolute Gasteiger partial charge is 0.504 e. The van der Waals surface area contributed by atoms with Crippen LogP contribution in [0, 0.1) is 5.92 Å². The molecule has 0 unspecified atom stereocenters. The summed E-state index contributed by atoms with van der Waals surface area (Å²) in [5.41, 5.74) is 2.78. The number of piperidine rings is 1. The number of methoxy groups -OCH3 is 1. The van der Waals surface area contributed by atoms with Gasteiger partial charge in [0, 0.05) is 17.0 Å². The number of hydrogen-bond donors (Lipinski definition) is 1. The van der Waals surface area contributed by atoms with Crippen LogP contribution in [0.4, 0.5) is 0 Å². The highest BCUT2D eigenvalue weighted by Gasteiger charge is 2.54. The molecule has 2 bridgehead atoms. The van der Waals surface area contributed by atoms with Crippen LogP contribution >= 0.6 is 0 Å². The van der Waals surface area contributed by atoms with Gasteiger partial charge in [-0.05, 0) is 56.8 Å². The first-order chi connectivity index (χ1) is 10.2. The molecule has 1 heterocycles. The highest BCUT2D eigenvalue weighted by molar-refractivity contribution is 5.56. The summed E-state index contributed by atoms with van der Waals surface area (Å²) in [5.74, 6) is 1.77. The third-order valence-electron chi connectivity index (χ3n) is 6.41. The van der Waals surface area contributed by atoms with Crippen molar-refractivity contribution in [2.45, 2.75) is 50.0 Å². The minimum absolute atomic E-state index is 0.196. The van der Waals surface area contributed by atoms with E-state index in [1.807, 2.05) is 6.07 Å². The minimum Gasteiger partial charge on any atom is -0.504 e. The molecule has 0 amide bonds. The average molecular weight is 287 g/mol. The molecule has 4 rings (SSSR count). The van der Waals surface area contributed by atoms with E-state index in [-0.39, 0.29) is 5.41 Å². The molecule has 3 nitrogen and oxygen atoms in total. The summed E-state index contributed by atoms with van der Waals surface area (Å²) in [6.07, 6.45) is 7.44. The lowest BCUT2D eigenvalue weighted by molar-refractivity contribution is 0.00132. The number of nitrogens with zero attached hydrogens (tertiary/aromatic N) is 1. The Bertz CT molecular complexity index is 571. The Balaban J connectivity index is 1.93.